The van der Waals surface area contributed by atoms with Gasteiger partial charge in [0.05, 0.1) is 12.7 Å². The Morgan fingerprint density at radius 3 is 2.80 bits per heavy atom. The van der Waals surface area contributed by atoms with E-state index >= 15 is 0 Å². The molecule has 0 spiro atoms. The molecule has 2 rings (SSSR count). The third-order valence-electron chi connectivity index (χ3n) is 2.73. The van der Waals surface area contributed by atoms with E-state index in [0.717, 1.165) is 0 Å². The van der Waals surface area contributed by atoms with Gasteiger partial charge in [-0.1, -0.05) is 29.3 Å². The van der Waals surface area contributed by atoms with Crippen molar-refractivity contribution in [2.45, 2.75) is 6.54 Å². The molecule has 0 atom stereocenters. The molecule has 0 saturated carbocycles. The van der Waals surface area contributed by atoms with E-state index in [4.69, 9.17) is 27.9 Å². The molecule has 0 fully saturated rings. The second-order valence-electron chi connectivity index (χ2n) is 3.95. The first-order valence-corrected chi connectivity index (χ1v) is 6.59. The van der Waals surface area contributed by atoms with Crippen LogP contribution < -0.4 is 10.1 Å². The number of hydrogen-bond donors (Lipinski definition) is 1. The largest absolute Gasteiger partial charge is 0.496 e. The number of pyridine rings is 1. The predicted molar refractivity (Wildman–Crippen MR) is 78.4 cm³/mol. The molecule has 1 aromatic carbocycles. The highest BCUT2D eigenvalue weighted by atomic mass is 35.5. The van der Waals surface area contributed by atoms with Crippen LogP contribution in [0.15, 0.2) is 36.5 Å². The number of nitrogens with zero attached hydrogens (tertiary/aromatic N) is 1. The lowest BCUT2D eigenvalue weighted by atomic mass is 10.2. The standard InChI is InChI=1S/C14H12Cl2N2O2/c1-20-12-6-2-5-11(15)10(12)8-18-14(19)9-4-3-7-17-13(9)16/h2-7H,8H2,1H3,(H,18,19). The van der Waals surface area contributed by atoms with Crippen molar-refractivity contribution < 1.29 is 9.53 Å². The van der Waals surface area contributed by atoms with Crippen molar-refractivity contribution >= 4 is 29.1 Å². The maximum atomic E-state index is 12.0. The molecule has 1 amide bonds. The molecule has 0 aliphatic carbocycles. The molecule has 1 heterocycles. The number of methoxy groups -OCH3 is 1. The first kappa shape index (κ1) is 14.6. The molecule has 6 heteroatoms. The summed E-state index contributed by atoms with van der Waals surface area (Å²) in [5, 5.41) is 3.44. The Balaban J connectivity index is 2.14. The summed E-state index contributed by atoms with van der Waals surface area (Å²) in [6.45, 7) is 0.243. The number of hydrogen-bond acceptors (Lipinski definition) is 3. The van der Waals surface area contributed by atoms with E-state index in [1.54, 1.807) is 37.4 Å². The van der Waals surface area contributed by atoms with Gasteiger partial charge >= 0.3 is 0 Å². The summed E-state index contributed by atoms with van der Waals surface area (Å²) in [5.41, 5.74) is 1.03. The number of halogens is 2. The molecule has 104 valence electrons. The average molecular weight is 311 g/mol. The summed E-state index contributed by atoms with van der Waals surface area (Å²) in [6, 6.07) is 8.56. The zero-order valence-electron chi connectivity index (χ0n) is 10.7. The van der Waals surface area contributed by atoms with Crippen LogP contribution in [0.4, 0.5) is 0 Å². The number of carbonyl (C=O) groups is 1. The number of aromatic nitrogens is 1. The lowest BCUT2D eigenvalue weighted by Gasteiger charge is -2.11. The van der Waals surface area contributed by atoms with Gasteiger partial charge in [-0.2, -0.15) is 0 Å². The van der Waals surface area contributed by atoms with Gasteiger partial charge < -0.3 is 10.1 Å². The molecule has 0 unspecified atom stereocenters. The van der Waals surface area contributed by atoms with Gasteiger partial charge in [0.15, 0.2) is 0 Å². The fourth-order valence-electron chi connectivity index (χ4n) is 1.72. The molecular formula is C14H12Cl2N2O2. The Morgan fingerprint density at radius 1 is 1.30 bits per heavy atom. The van der Waals surface area contributed by atoms with Crippen molar-refractivity contribution in [3.63, 3.8) is 0 Å². The molecular weight excluding hydrogens is 299 g/mol. The molecule has 0 aliphatic rings. The maximum Gasteiger partial charge on any atom is 0.254 e. The molecule has 0 bridgehead atoms. The van der Waals surface area contributed by atoms with E-state index in [2.05, 4.69) is 10.3 Å². The van der Waals surface area contributed by atoms with Crippen LogP contribution in [0.2, 0.25) is 10.2 Å². The van der Waals surface area contributed by atoms with Crippen molar-refractivity contribution in [1.82, 2.24) is 10.3 Å². The van der Waals surface area contributed by atoms with E-state index in [1.807, 2.05) is 0 Å². The zero-order chi connectivity index (χ0) is 14.5. The number of benzene rings is 1. The van der Waals surface area contributed by atoms with Crippen LogP contribution >= 0.6 is 23.2 Å². The highest BCUT2D eigenvalue weighted by Crippen LogP contribution is 2.26. The van der Waals surface area contributed by atoms with Crippen LogP contribution in [0.1, 0.15) is 15.9 Å². The van der Waals surface area contributed by atoms with Gasteiger partial charge in [-0.05, 0) is 24.3 Å². The Bertz CT molecular complexity index is 632. The van der Waals surface area contributed by atoms with E-state index in [-0.39, 0.29) is 17.6 Å². The van der Waals surface area contributed by atoms with E-state index in [0.29, 0.717) is 21.9 Å². The lowest BCUT2D eigenvalue weighted by molar-refractivity contribution is 0.0950. The maximum absolute atomic E-state index is 12.0. The van der Waals surface area contributed by atoms with Gasteiger partial charge in [0.25, 0.3) is 5.91 Å². The Kier molecular flexibility index (Phi) is 4.82. The number of amides is 1. The van der Waals surface area contributed by atoms with Crippen LogP contribution in [0.5, 0.6) is 5.75 Å². The lowest BCUT2D eigenvalue weighted by Crippen LogP contribution is -2.23. The monoisotopic (exact) mass is 310 g/mol. The Hall–Kier alpha value is -1.78. The molecule has 0 aliphatic heterocycles. The van der Waals surface area contributed by atoms with E-state index in [9.17, 15) is 4.79 Å². The minimum absolute atomic E-state index is 0.163. The topological polar surface area (TPSA) is 51.2 Å². The smallest absolute Gasteiger partial charge is 0.254 e. The molecule has 1 N–H and O–H groups in total. The van der Waals surface area contributed by atoms with Gasteiger partial charge in [0, 0.05) is 23.3 Å². The van der Waals surface area contributed by atoms with Crippen LogP contribution in [-0.2, 0) is 6.54 Å². The van der Waals surface area contributed by atoms with Crippen molar-refractivity contribution in [1.29, 1.82) is 0 Å². The SMILES string of the molecule is COc1cccc(Cl)c1CNC(=O)c1cccnc1Cl. The van der Waals surface area contributed by atoms with Gasteiger partial charge in [-0.25, -0.2) is 4.98 Å². The normalized spacial score (nSPS) is 10.2. The molecule has 2 aromatic rings. The van der Waals surface area contributed by atoms with Crippen molar-refractivity contribution in [3.8, 4) is 5.75 Å². The van der Waals surface area contributed by atoms with Crippen LogP contribution in [0.3, 0.4) is 0 Å². The molecule has 0 radical (unpaired) electrons. The van der Waals surface area contributed by atoms with Gasteiger partial charge in [-0.3, -0.25) is 4.79 Å². The minimum atomic E-state index is -0.315. The first-order chi connectivity index (χ1) is 9.63. The summed E-state index contributed by atoms with van der Waals surface area (Å²) in [7, 11) is 1.55. The molecule has 1 aromatic heterocycles. The zero-order valence-corrected chi connectivity index (χ0v) is 12.2. The van der Waals surface area contributed by atoms with E-state index in [1.165, 1.54) is 6.20 Å². The second-order valence-corrected chi connectivity index (χ2v) is 4.71. The molecule has 20 heavy (non-hydrogen) atoms. The third-order valence-corrected chi connectivity index (χ3v) is 3.38. The van der Waals surface area contributed by atoms with Crippen LogP contribution in [-0.4, -0.2) is 18.0 Å². The highest BCUT2D eigenvalue weighted by molar-refractivity contribution is 6.32. The Labute approximate surface area is 126 Å². The van der Waals surface area contributed by atoms with Gasteiger partial charge in [-0.15, -0.1) is 0 Å². The van der Waals surface area contributed by atoms with Crippen molar-refractivity contribution in [2.24, 2.45) is 0 Å². The number of nitrogens with one attached hydrogen (secondary N) is 1. The van der Waals surface area contributed by atoms with E-state index < -0.39 is 0 Å². The van der Waals surface area contributed by atoms with Gasteiger partial charge in [0.2, 0.25) is 0 Å². The summed E-state index contributed by atoms with van der Waals surface area (Å²) < 4.78 is 5.21. The number of carbonyl (C=O) groups excluding carboxylic acids is 1. The van der Waals surface area contributed by atoms with Gasteiger partial charge in [0.1, 0.15) is 10.9 Å². The fraction of sp³-hybridized carbons (Fsp3) is 0.143. The summed E-state index contributed by atoms with van der Waals surface area (Å²) in [5.74, 6) is 0.306. The van der Waals surface area contributed by atoms with Crippen molar-refractivity contribution in [3.05, 3.63) is 57.8 Å². The average Bonchev–Trinajstić information content (AvgIpc) is 2.46. The van der Waals surface area contributed by atoms with Crippen LogP contribution in [0, 0.1) is 0 Å². The fourth-order valence-corrected chi connectivity index (χ4v) is 2.16. The Morgan fingerprint density at radius 2 is 2.10 bits per heavy atom. The summed E-state index contributed by atoms with van der Waals surface area (Å²) in [4.78, 5) is 15.9. The number of rotatable bonds is 4. The highest BCUT2D eigenvalue weighted by Gasteiger charge is 2.13. The van der Waals surface area contributed by atoms with Crippen molar-refractivity contribution in [2.75, 3.05) is 7.11 Å². The quantitative estimate of drug-likeness (QED) is 0.881. The second kappa shape index (κ2) is 6.59. The number of ether oxygens (including phenoxy) is 1. The molecule has 0 saturated heterocycles. The first-order valence-electron chi connectivity index (χ1n) is 5.83. The minimum Gasteiger partial charge on any atom is -0.496 e. The third kappa shape index (κ3) is 3.21. The summed E-state index contributed by atoms with van der Waals surface area (Å²) >= 11 is 12.0. The molecule has 4 nitrogen and oxygen atoms in total. The predicted octanol–water partition coefficient (Wildman–Crippen LogP) is 3.33. The van der Waals surface area contributed by atoms with Crippen LogP contribution in [0.25, 0.3) is 0 Å². The summed E-state index contributed by atoms with van der Waals surface area (Å²) in [6.07, 6.45) is 1.52.